The van der Waals surface area contributed by atoms with Crippen LogP contribution in [0.1, 0.15) is 181 Å². The molecule has 0 bridgehead atoms. The van der Waals surface area contributed by atoms with Crippen molar-refractivity contribution in [1.29, 1.82) is 0 Å². The number of ether oxygens (including phenoxy) is 1. The van der Waals surface area contributed by atoms with Crippen LogP contribution in [0.5, 0.6) is 0 Å². The predicted molar refractivity (Wildman–Crippen MR) is 148 cm³/mol. The topological polar surface area (TPSA) is 62.8 Å². The number of esters is 1. The van der Waals surface area contributed by atoms with Crippen molar-refractivity contribution in [1.82, 2.24) is 6.15 Å². The smallest absolute Gasteiger partial charge is 0.305 e. The molecular formula is C30H64NO2+. The molecule has 200 valence electrons. The van der Waals surface area contributed by atoms with Crippen LogP contribution in [0.15, 0.2) is 0 Å². The van der Waals surface area contributed by atoms with Crippen LogP contribution in [0.2, 0.25) is 0 Å². The number of carbonyl (C=O) groups is 1. The molecular weight excluding hydrogens is 406 g/mol. The fraction of sp³-hybridized carbons (Fsp3) is 0.967. The van der Waals surface area contributed by atoms with Gasteiger partial charge in [-0.25, -0.2) is 0 Å². The fourth-order valence-electron chi connectivity index (χ4n) is 4.49. The van der Waals surface area contributed by atoms with Gasteiger partial charge >= 0.3 is 5.97 Å². The van der Waals surface area contributed by atoms with Crippen LogP contribution in [0.25, 0.3) is 0 Å². The van der Waals surface area contributed by atoms with Crippen LogP contribution in [0.4, 0.5) is 0 Å². The molecule has 0 saturated carbocycles. The summed E-state index contributed by atoms with van der Waals surface area (Å²) in [7, 11) is 0. The van der Waals surface area contributed by atoms with E-state index < -0.39 is 0 Å². The zero-order chi connectivity index (χ0) is 23.4. The van der Waals surface area contributed by atoms with E-state index in [4.69, 9.17) is 4.74 Å². The first-order valence-corrected chi connectivity index (χ1v) is 15.0. The minimum atomic E-state index is 0. The van der Waals surface area contributed by atoms with Crippen molar-refractivity contribution >= 4 is 5.97 Å². The monoisotopic (exact) mass is 470 g/mol. The Morgan fingerprint density at radius 3 is 1.03 bits per heavy atom. The molecule has 0 aliphatic carbocycles. The molecule has 0 rings (SSSR count). The fourth-order valence-corrected chi connectivity index (χ4v) is 4.49. The zero-order valence-corrected chi connectivity index (χ0v) is 23.4. The molecule has 0 atom stereocenters. The standard InChI is InChI=1S/C30H60O2.H3N/c1-3-5-7-9-11-13-15-16-17-18-19-20-22-24-26-28-30(31)32-29-27-25-23-21-14-12-10-8-6-4-2;/h3-29H2,1-2H3;1H3/p+1. The maximum atomic E-state index is 11.8. The van der Waals surface area contributed by atoms with Gasteiger partial charge in [0.05, 0.1) is 6.61 Å². The summed E-state index contributed by atoms with van der Waals surface area (Å²) in [5.41, 5.74) is 0. The van der Waals surface area contributed by atoms with Crippen molar-refractivity contribution in [3.05, 3.63) is 0 Å². The third-order valence-corrected chi connectivity index (χ3v) is 6.75. The van der Waals surface area contributed by atoms with Gasteiger partial charge in [-0.2, -0.15) is 0 Å². The highest BCUT2D eigenvalue weighted by Crippen LogP contribution is 2.14. The van der Waals surface area contributed by atoms with Gasteiger partial charge in [0.25, 0.3) is 0 Å². The summed E-state index contributed by atoms with van der Waals surface area (Å²) in [6.07, 6.45) is 34.2. The summed E-state index contributed by atoms with van der Waals surface area (Å²) >= 11 is 0. The Bertz CT molecular complexity index is 359. The van der Waals surface area contributed by atoms with Crippen molar-refractivity contribution in [2.24, 2.45) is 0 Å². The van der Waals surface area contributed by atoms with Crippen LogP contribution in [0.3, 0.4) is 0 Å². The molecule has 0 heterocycles. The maximum Gasteiger partial charge on any atom is 0.305 e. The molecule has 0 aromatic carbocycles. The second-order valence-corrected chi connectivity index (χ2v) is 10.1. The Morgan fingerprint density at radius 1 is 0.424 bits per heavy atom. The first kappa shape index (κ1) is 34.6. The van der Waals surface area contributed by atoms with Gasteiger partial charge in [-0.15, -0.1) is 0 Å². The number of rotatable bonds is 27. The molecule has 0 aliphatic heterocycles. The van der Waals surface area contributed by atoms with E-state index in [-0.39, 0.29) is 12.1 Å². The maximum absolute atomic E-state index is 11.8. The molecule has 33 heavy (non-hydrogen) atoms. The second-order valence-electron chi connectivity index (χ2n) is 10.1. The van der Waals surface area contributed by atoms with Gasteiger partial charge in [0, 0.05) is 6.42 Å². The van der Waals surface area contributed by atoms with Gasteiger partial charge in [-0.05, 0) is 12.8 Å². The predicted octanol–water partition coefficient (Wildman–Crippen LogP) is 11.1. The summed E-state index contributed by atoms with van der Waals surface area (Å²) in [5.74, 6) is 0.0237. The molecule has 3 heteroatoms. The van der Waals surface area contributed by atoms with E-state index in [2.05, 4.69) is 13.8 Å². The number of carbonyl (C=O) groups excluding carboxylic acids is 1. The summed E-state index contributed by atoms with van der Waals surface area (Å²) in [6, 6.07) is 0. The Morgan fingerprint density at radius 2 is 0.697 bits per heavy atom. The SMILES string of the molecule is CCCCCCCCCCCCCCCCCC(=O)OCCCCCCCCCCCC.[NH4+]. The van der Waals surface area contributed by atoms with Gasteiger partial charge in [0.15, 0.2) is 0 Å². The van der Waals surface area contributed by atoms with Crippen LogP contribution in [-0.4, -0.2) is 12.6 Å². The molecule has 0 saturated heterocycles. The molecule has 0 radical (unpaired) electrons. The highest BCUT2D eigenvalue weighted by atomic mass is 16.5. The van der Waals surface area contributed by atoms with E-state index >= 15 is 0 Å². The first-order valence-electron chi connectivity index (χ1n) is 15.0. The summed E-state index contributed by atoms with van der Waals surface area (Å²) < 4.78 is 5.39. The van der Waals surface area contributed by atoms with Gasteiger partial charge < -0.3 is 10.9 Å². The normalized spacial score (nSPS) is 10.8. The molecule has 0 aliphatic rings. The van der Waals surface area contributed by atoms with Gasteiger partial charge in [0.2, 0.25) is 0 Å². The lowest BCUT2D eigenvalue weighted by molar-refractivity contribution is -0.143. The van der Waals surface area contributed by atoms with Gasteiger partial charge in [0.1, 0.15) is 0 Å². The molecule has 0 aromatic heterocycles. The number of hydrogen-bond donors (Lipinski definition) is 1. The highest BCUT2D eigenvalue weighted by Gasteiger charge is 2.02. The van der Waals surface area contributed by atoms with Crippen molar-refractivity contribution < 1.29 is 9.53 Å². The minimum Gasteiger partial charge on any atom is -0.466 e. The number of quaternary nitrogens is 1. The zero-order valence-electron chi connectivity index (χ0n) is 23.4. The van der Waals surface area contributed by atoms with Crippen LogP contribution < -0.4 is 6.15 Å². The number of hydrogen-bond acceptors (Lipinski definition) is 2. The highest BCUT2D eigenvalue weighted by molar-refractivity contribution is 5.69. The first-order chi connectivity index (χ1) is 15.8. The van der Waals surface area contributed by atoms with E-state index in [9.17, 15) is 4.79 Å². The van der Waals surface area contributed by atoms with Crippen molar-refractivity contribution in [2.75, 3.05) is 6.61 Å². The molecule has 4 N–H and O–H groups in total. The van der Waals surface area contributed by atoms with Crippen molar-refractivity contribution in [3.63, 3.8) is 0 Å². The number of unbranched alkanes of at least 4 members (excludes halogenated alkanes) is 23. The van der Waals surface area contributed by atoms with E-state index in [1.165, 1.54) is 148 Å². The van der Waals surface area contributed by atoms with E-state index in [0.29, 0.717) is 13.0 Å². The average molecular weight is 471 g/mol. The quantitative estimate of drug-likeness (QED) is 0.0957. The Hall–Kier alpha value is -0.570. The molecule has 0 aromatic rings. The van der Waals surface area contributed by atoms with Gasteiger partial charge in [-0.3, -0.25) is 4.79 Å². The lowest BCUT2D eigenvalue weighted by Crippen LogP contribution is -2.05. The second kappa shape index (κ2) is 31.4. The van der Waals surface area contributed by atoms with Crippen LogP contribution >= 0.6 is 0 Å². The largest absolute Gasteiger partial charge is 0.466 e. The van der Waals surface area contributed by atoms with Crippen molar-refractivity contribution in [3.8, 4) is 0 Å². The Balaban J connectivity index is 0. The Kier molecular flexibility index (Phi) is 33.0. The summed E-state index contributed by atoms with van der Waals surface area (Å²) in [6.45, 7) is 5.19. The minimum absolute atomic E-state index is 0. The molecule has 0 spiro atoms. The summed E-state index contributed by atoms with van der Waals surface area (Å²) in [4.78, 5) is 11.8. The lowest BCUT2D eigenvalue weighted by atomic mass is 10.0. The van der Waals surface area contributed by atoms with E-state index in [0.717, 1.165) is 12.8 Å². The Labute approximate surface area is 209 Å². The lowest BCUT2D eigenvalue weighted by Gasteiger charge is -2.06. The average Bonchev–Trinajstić information content (AvgIpc) is 2.80. The van der Waals surface area contributed by atoms with E-state index in [1.807, 2.05) is 0 Å². The molecule has 0 unspecified atom stereocenters. The van der Waals surface area contributed by atoms with E-state index in [1.54, 1.807) is 0 Å². The molecule has 3 nitrogen and oxygen atoms in total. The van der Waals surface area contributed by atoms with Crippen LogP contribution in [-0.2, 0) is 9.53 Å². The van der Waals surface area contributed by atoms with Gasteiger partial charge in [-0.1, -0.05) is 162 Å². The molecule has 0 amide bonds. The van der Waals surface area contributed by atoms with Crippen molar-refractivity contribution in [2.45, 2.75) is 181 Å². The third-order valence-electron chi connectivity index (χ3n) is 6.75. The van der Waals surface area contributed by atoms with Crippen LogP contribution in [0, 0.1) is 0 Å². The summed E-state index contributed by atoms with van der Waals surface area (Å²) in [5, 5.41) is 0. The molecule has 0 fully saturated rings. The third kappa shape index (κ3) is 31.4.